The minimum absolute atomic E-state index is 0.118. The lowest BCUT2D eigenvalue weighted by Crippen LogP contribution is -2.35. The maximum absolute atomic E-state index is 6.45. The van der Waals surface area contributed by atoms with E-state index in [2.05, 4.69) is 49.2 Å². The van der Waals surface area contributed by atoms with Crippen LogP contribution in [-0.2, 0) is 6.54 Å². The van der Waals surface area contributed by atoms with Crippen LogP contribution in [0.2, 0.25) is 5.02 Å². The molecule has 1 aliphatic heterocycles. The third kappa shape index (κ3) is 4.68. The highest BCUT2D eigenvalue weighted by atomic mass is 35.5. The number of nitrogens with zero attached hydrogens (tertiary/aromatic N) is 1. The Balaban J connectivity index is 2.04. The lowest BCUT2D eigenvalue weighted by molar-refractivity contribution is 0.424. The Kier molecular flexibility index (Phi) is 5.34. The van der Waals surface area contributed by atoms with Gasteiger partial charge in [0.1, 0.15) is 0 Å². The molecule has 0 spiro atoms. The van der Waals surface area contributed by atoms with Crippen molar-refractivity contribution in [3.63, 3.8) is 0 Å². The van der Waals surface area contributed by atoms with E-state index in [0.29, 0.717) is 0 Å². The fourth-order valence-corrected chi connectivity index (χ4v) is 2.81. The van der Waals surface area contributed by atoms with Gasteiger partial charge in [-0.3, -0.25) is 0 Å². The average Bonchev–Trinajstić information content (AvgIpc) is 2.65. The zero-order valence-electron chi connectivity index (χ0n) is 13.0. The van der Waals surface area contributed by atoms with Crippen molar-refractivity contribution in [2.24, 2.45) is 0 Å². The van der Waals surface area contributed by atoms with Crippen LogP contribution in [0, 0.1) is 0 Å². The summed E-state index contributed by atoms with van der Waals surface area (Å²) in [6, 6.07) is 6.52. The molecule has 1 heterocycles. The molecule has 0 unspecified atom stereocenters. The van der Waals surface area contributed by atoms with E-state index in [1.807, 2.05) is 0 Å². The summed E-state index contributed by atoms with van der Waals surface area (Å²) in [5.41, 5.74) is 2.57. The summed E-state index contributed by atoms with van der Waals surface area (Å²) in [4.78, 5) is 2.47. The van der Waals surface area contributed by atoms with Crippen LogP contribution in [0.15, 0.2) is 18.2 Å². The summed E-state index contributed by atoms with van der Waals surface area (Å²) in [6.45, 7) is 9.67. The Labute approximate surface area is 128 Å². The molecule has 3 heteroatoms. The first-order valence-electron chi connectivity index (χ1n) is 7.74. The van der Waals surface area contributed by atoms with Crippen LogP contribution < -0.4 is 10.2 Å². The Bertz CT molecular complexity index is 429. The van der Waals surface area contributed by atoms with Gasteiger partial charge in [0.05, 0.1) is 0 Å². The van der Waals surface area contributed by atoms with E-state index in [9.17, 15) is 0 Å². The lowest BCUT2D eigenvalue weighted by Gasteiger charge is -2.24. The monoisotopic (exact) mass is 294 g/mol. The molecule has 1 saturated heterocycles. The van der Waals surface area contributed by atoms with Gasteiger partial charge in [-0.05, 0) is 51.3 Å². The summed E-state index contributed by atoms with van der Waals surface area (Å²) in [7, 11) is 0. The summed E-state index contributed by atoms with van der Waals surface area (Å²) in [5.74, 6) is 0. The molecule has 0 aromatic heterocycles. The van der Waals surface area contributed by atoms with Crippen LogP contribution in [0.1, 0.15) is 52.0 Å². The number of hydrogen-bond donors (Lipinski definition) is 1. The first-order chi connectivity index (χ1) is 9.46. The van der Waals surface area contributed by atoms with Crippen LogP contribution in [0.25, 0.3) is 0 Å². The van der Waals surface area contributed by atoms with Crippen LogP contribution >= 0.6 is 11.6 Å². The molecule has 0 bridgehead atoms. The molecule has 0 amide bonds. The average molecular weight is 295 g/mol. The van der Waals surface area contributed by atoms with E-state index in [1.165, 1.54) is 36.9 Å². The number of hydrogen-bond acceptors (Lipinski definition) is 2. The highest BCUT2D eigenvalue weighted by Gasteiger charge is 2.13. The van der Waals surface area contributed by atoms with Gasteiger partial charge in [0, 0.05) is 35.9 Å². The van der Waals surface area contributed by atoms with Crippen LogP contribution in [-0.4, -0.2) is 18.6 Å². The molecule has 1 fully saturated rings. The molecule has 1 aromatic carbocycles. The Morgan fingerprint density at radius 1 is 1.10 bits per heavy atom. The fraction of sp³-hybridized carbons (Fsp3) is 0.647. The molecule has 1 aromatic rings. The van der Waals surface area contributed by atoms with E-state index in [4.69, 9.17) is 11.6 Å². The van der Waals surface area contributed by atoms with Crippen molar-refractivity contribution in [2.75, 3.05) is 18.0 Å². The van der Waals surface area contributed by atoms with Crippen molar-refractivity contribution in [3.8, 4) is 0 Å². The number of anilines is 1. The van der Waals surface area contributed by atoms with E-state index >= 15 is 0 Å². The normalized spacial score (nSPS) is 17.1. The van der Waals surface area contributed by atoms with E-state index in [0.717, 1.165) is 24.7 Å². The standard InChI is InChI=1S/C17H27ClN2/c1-17(2,3)19-13-14-8-9-15(12-16(14)18)20-10-6-4-5-7-11-20/h8-9,12,19H,4-7,10-11,13H2,1-3H3. The van der Waals surface area contributed by atoms with Gasteiger partial charge in [0.25, 0.3) is 0 Å². The molecule has 20 heavy (non-hydrogen) atoms. The molecule has 0 radical (unpaired) electrons. The quantitative estimate of drug-likeness (QED) is 0.876. The minimum atomic E-state index is 0.118. The second-order valence-electron chi connectivity index (χ2n) is 6.78. The number of halogens is 1. The summed E-state index contributed by atoms with van der Waals surface area (Å²) in [5, 5.41) is 4.37. The molecule has 2 rings (SSSR count). The summed E-state index contributed by atoms with van der Waals surface area (Å²) in [6.07, 6.45) is 5.31. The molecule has 0 saturated carbocycles. The Hall–Kier alpha value is -0.730. The number of nitrogens with one attached hydrogen (secondary N) is 1. The maximum atomic E-state index is 6.45. The van der Waals surface area contributed by atoms with Gasteiger partial charge in [0.2, 0.25) is 0 Å². The van der Waals surface area contributed by atoms with Gasteiger partial charge in [-0.2, -0.15) is 0 Å². The van der Waals surface area contributed by atoms with Gasteiger partial charge in [0.15, 0.2) is 0 Å². The van der Waals surface area contributed by atoms with Crippen molar-refractivity contribution in [1.29, 1.82) is 0 Å². The van der Waals surface area contributed by atoms with Crippen molar-refractivity contribution < 1.29 is 0 Å². The minimum Gasteiger partial charge on any atom is -0.371 e. The summed E-state index contributed by atoms with van der Waals surface area (Å²) < 4.78 is 0. The molecular weight excluding hydrogens is 268 g/mol. The van der Waals surface area contributed by atoms with Crippen LogP contribution in [0.4, 0.5) is 5.69 Å². The predicted molar refractivity (Wildman–Crippen MR) is 88.7 cm³/mol. The largest absolute Gasteiger partial charge is 0.371 e. The molecule has 0 atom stereocenters. The number of rotatable bonds is 3. The van der Waals surface area contributed by atoms with Crippen molar-refractivity contribution in [3.05, 3.63) is 28.8 Å². The molecule has 1 aliphatic rings. The van der Waals surface area contributed by atoms with E-state index in [-0.39, 0.29) is 5.54 Å². The second-order valence-corrected chi connectivity index (χ2v) is 7.19. The SMILES string of the molecule is CC(C)(C)NCc1ccc(N2CCCCCC2)cc1Cl. The van der Waals surface area contributed by atoms with Gasteiger partial charge in [-0.25, -0.2) is 0 Å². The van der Waals surface area contributed by atoms with Crippen molar-refractivity contribution in [1.82, 2.24) is 5.32 Å². The third-order valence-electron chi connectivity index (χ3n) is 3.82. The number of benzene rings is 1. The smallest absolute Gasteiger partial charge is 0.0471 e. The molecule has 2 nitrogen and oxygen atoms in total. The zero-order valence-corrected chi connectivity index (χ0v) is 13.8. The molecule has 1 N–H and O–H groups in total. The van der Waals surface area contributed by atoms with Crippen molar-refractivity contribution >= 4 is 17.3 Å². The Morgan fingerprint density at radius 3 is 2.30 bits per heavy atom. The maximum Gasteiger partial charge on any atom is 0.0471 e. The predicted octanol–water partition coefficient (Wildman–Crippen LogP) is 4.61. The first kappa shape index (κ1) is 15.7. The molecule has 112 valence electrons. The van der Waals surface area contributed by atoms with Gasteiger partial charge >= 0.3 is 0 Å². The van der Waals surface area contributed by atoms with Crippen LogP contribution in [0.5, 0.6) is 0 Å². The Morgan fingerprint density at radius 2 is 1.75 bits per heavy atom. The highest BCUT2D eigenvalue weighted by molar-refractivity contribution is 6.31. The third-order valence-corrected chi connectivity index (χ3v) is 4.17. The van der Waals surface area contributed by atoms with Crippen molar-refractivity contribution in [2.45, 2.75) is 58.5 Å². The topological polar surface area (TPSA) is 15.3 Å². The summed E-state index contributed by atoms with van der Waals surface area (Å²) >= 11 is 6.45. The first-order valence-corrected chi connectivity index (χ1v) is 8.12. The highest BCUT2D eigenvalue weighted by Crippen LogP contribution is 2.26. The van der Waals surface area contributed by atoms with E-state index < -0.39 is 0 Å². The second kappa shape index (κ2) is 6.82. The van der Waals surface area contributed by atoms with E-state index in [1.54, 1.807) is 0 Å². The zero-order chi connectivity index (χ0) is 14.6. The van der Waals surface area contributed by atoms with Gasteiger partial charge in [-0.15, -0.1) is 0 Å². The van der Waals surface area contributed by atoms with Gasteiger partial charge in [-0.1, -0.05) is 30.5 Å². The molecular formula is C17H27ClN2. The molecule has 0 aliphatic carbocycles. The lowest BCUT2D eigenvalue weighted by atomic mass is 10.1. The van der Waals surface area contributed by atoms with Crippen LogP contribution in [0.3, 0.4) is 0 Å². The fourth-order valence-electron chi connectivity index (χ4n) is 2.57. The van der Waals surface area contributed by atoms with Gasteiger partial charge < -0.3 is 10.2 Å².